The highest BCUT2D eigenvalue weighted by Gasteiger charge is 2.38. The molecule has 0 spiro atoms. The summed E-state index contributed by atoms with van der Waals surface area (Å²) in [7, 11) is 0. The van der Waals surface area contributed by atoms with E-state index in [4.69, 9.17) is 0 Å². The smallest absolute Gasteiger partial charge is 0.159 e. The molecular formula is C15H13FO. The molecule has 2 aliphatic carbocycles. The van der Waals surface area contributed by atoms with Crippen LogP contribution in [0.2, 0.25) is 0 Å². The second kappa shape index (κ2) is 3.95. The van der Waals surface area contributed by atoms with Crippen molar-refractivity contribution < 1.29 is 9.18 Å². The topological polar surface area (TPSA) is 17.1 Å². The molecule has 0 aromatic heterocycles. The number of rotatable bonds is 1. The lowest BCUT2D eigenvalue weighted by Crippen LogP contribution is -2.09. The van der Waals surface area contributed by atoms with Crippen molar-refractivity contribution in [3.05, 3.63) is 59.4 Å². The minimum absolute atomic E-state index is 0.222. The van der Waals surface area contributed by atoms with Gasteiger partial charge in [0.25, 0.3) is 0 Å². The molecule has 1 aromatic rings. The number of ketones is 1. The van der Waals surface area contributed by atoms with Crippen LogP contribution in [0.1, 0.15) is 24.3 Å². The second-order valence-electron chi connectivity index (χ2n) is 4.68. The van der Waals surface area contributed by atoms with Gasteiger partial charge in [-0.2, -0.15) is 0 Å². The summed E-state index contributed by atoms with van der Waals surface area (Å²) in [5, 5.41) is 0. The summed E-state index contributed by atoms with van der Waals surface area (Å²) < 4.78 is 12.9. The van der Waals surface area contributed by atoms with Crippen LogP contribution in [0.4, 0.5) is 4.39 Å². The van der Waals surface area contributed by atoms with Gasteiger partial charge in [0.1, 0.15) is 5.82 Å². The van der Waals surface area contributed by atoms with Crippen molar-refractivity contribution in [3.63, 3.8) is 0 Å². The van der Waals surface area contributed by atoms with Crippen LogP contribution in [-0.4, -0.2) is 5.78 Å². The molecular weight excluding hydrogens is 215 g/mol. The fourth-order valence-electron chi connectivity index (χ4n) is 2.85. The number of Topliss-reactive ketones (excluding diaryl/α,β-unsaturated/α-hetero) is 1. The fourth-order valence-corrected chi connectivity index (χ4v) is 2.85. The van der Waals surface area contributed by atoms with E-state index in [1.807, 2.05) is 12.2 Å². The molecule has 0 aliphatic heterocycles. The molecule has 0 saturated heterocycles. The zero-order valence-corrected chi connectivity index (χ0v) is 9.40. The van der Waals surface area contributed by atoms with Crippen molar-refractivity contribution in [2.45, 2.75) is 18.8 Å². The standard InChI is InChI=1S/C15H13FO/c16-11-7-5-10(6-8-11)14-9-15(17)13-4-2-1-3-12(13)14/h1-2,4-8,12,14H,3,9H2. The van der Waals surface area contributed by atoms with Crippen molar-refractivity contribution in [2.24, 2.45) is 5.92 Å². The molecule has 86 valence electrons. The van der Waals surface area contributed by atoms with Gasteiger partial charge in [0.05, 0.1) is 0 Å². The van der Waals surface area contributed by atoms with Crippen LogP contribution >= 0.6 is 0 Å². The summed E-state index contributed by atoms with van der Waals surface area (Å²) in [6.07, 6.45) is 7.46. The van der Waals surface area contributed by atoms with Gasteiger partial charge in [-0.25, -0.2) is 4.39 Å². The third-order valence-corrected chi connectivity index (χ3v) is 3.71. The Hall–Kier alpha value is -1.70. The SMILES string of the molecule is O=C1CC(c2ccc(F)cc2)C2CC=CC=C12. The monoisotopic (exact) mass is 228 g/mol. The highest BCUT2D eigenvalue weighted by molar-refractivity contribution is 5.99. The summed E-state index contributed by atoms with van der Waals surface area (Å²) in [6.45, 7) is 0. The zero-order valence-electron chi connectivity index (χ0n) is 9.40. The Kier molecular flexibility index (Phi) is 2.43. The van der Waals surface area contributed by atoms with E-state index < -0.39 is 0 Å². The van der Waals surface area contributed by atoms with Gasteiger partial charge < -0.3 is 0 Å². The summed E-state index contributed by atoms with van der Waals surface area (Å²) in [4.78, 5) is 11.9. The first-order chi connectivity index (χ1) is 8.25. The molecule has 2 heteroatoms. The molecule has 2 atom stereocenters. The predicted octanol–water partition coefficient (Wildman–Crippen LogP) is 3.38. The van der Waals surface area contributed by atoms with Gasteiger partial charge in [-0.3, -0.25) is 4.79 Å². The predicted molar refractivity (Wildman–Crippen MR) is 64.1 cm³/mol. The fraction of sp³-hybridized carbons (Fsp3) is 0.267. The number of allylic oxidation sites excluding steroid dienone is 4. The van der Waals surface area contributed by atoms with Crippen molar-refractivity contribution in [2.75, 3.05) is 0 Å². The van der Waals surface area contributed by atoms with Gasteiger partial charge in [-0.1, -0.05) is 30.4 Å². The van der Waals surface area contributed by atoms with Crippen molar-refractivity contribution in [1.82, 2.24) is 0 Å². The summed E-state index contributed by atoms with van der Waals surface area (Å²) >= 11 is 0. The number of halogens is 1. The quantitative estimate of drug-likeness (QED) is 0.720. The van der Waals surface area contributed by atoms with Crippen molar-refractivity contribution in [3.8, 4) is 0 Å². The van der Waals surface area contributed by atoms with Crippen LogP contribution in [0.25, 0.3) is 0 Å². The van der Waals surface area contributed by atoms with Crippen LogP contribution in [0.5, 0.6) is 0 Å². The molecule has 3 rings (SSSR count). The maximum atomic E-state index is 12.9. The number of hydrogen-bond acceptors (Lipinski definition) is 1. The van der Waals surface area contributed by atoms with Crippen LogP contribution in [-0.2, 0) is 4.79 Å². The molecule has 0 amide bonds. The molecule has 1 fully saturated rings. The molecule has 17 heavy (non-hydrogen) atoms. The van der Waals surface area contributed by atoms with Crippen LogP contribution < -0.4 is 0 Å². The lowest BCUT2D eigenvalue weighted by molar-refractivity contribution is -0.114. The number of hydrogen-bond donors (Lipinski definition) is 0. The first-order valence-corrected chi connectivity index (χ1v) is 5.91. The second-order valence-corrected chi connectivity index (χ2v) is 4.68. The highest BCUT2D eigenvalue weighted by Crippen LogP contribution is 2.44. The number of carbonyl (C=O) groups is 1. The summed E-state index contributed by atoms with van der Waals surface area (Å²) in [5.74, 6) is 0.531. The highest BCUT2D eigenvalue weighted by atomic mass is 19.1. The first-order valence-electron chi connectivity index (χ1n) is 5.91. The minimum Gasteiger partial charge on any atom is -0.295 e. The number of carbonyl (C=O) groups excluding carboxylic acids is 1. The van der Waals surface area contributed by atoms with E-state index >= 15 is 0 Å². The minimum atomic E-state index is -0.225. The third-order valence-electron chi connectivity index (χ3n) is 3.71. The lowest BCUT2D eigenvalue weighted by atomic mass is 9.83. The first kappa shape index (κ1) is 10.5. The molecule has 1 aromatic carbocycles. The maximum Gasteiger partial charge on any atom is 0.159 e. The van der Waals surface area contributed by atoms with E-state index in [-0.39, 0.29) is 23.4 Å². The Morgan fingerprint density at radius 2 is 1.88 bits per heavy atom. The van der Waals surface area contributed by atoms with E-state index in [2.05, 4.69) is 6.08 Å². The average molecular weight is 228 g/mol. The average Bonchev–Trinajstić information content (AvgIpc) is 2.69. The number of benzene rings is 1. The van der Waals surface area contributed by atoms with Gasteiger partial charge in [0.2, 0.25) is 0 Å². The summed E-state index contributed by atoms with van der Waals surface area (Å²) in [6, 6.07) is 6.55. The molecule has 0 radical (unpaired) electrons. The van der Waals surface area contributed by atoms with E-state index in [1.165, 1.54) is 12.1 Å². The van der Waals surface area contributed by atoms with E-state index in [1.54, 1.807) is 12.1 Å². The maximum absolute atomic E-state index is 12.9. The van der Waals surface area contributed by atoms with Crippen molar-refractivity contribution >= 4 is 5.78 Å². The van der Waals surface area contributed by atoms with Gasteiger partial charge in [-0.15, -0.1) is 0 Å². The Morgan fingerprint density at radius 3 is 2.65 bits per heavy atom. The molecule has 1 saturated carbocycles. The largest absolute Gasteiger partial charge is 0.295 e. The van der Waals surface area contributed by atoms with Crippen LogP contribution in [0, 0.1) is 11.7 Å². The Labute approximate surface area is 99.7 Å². The van der Waals surface area contributed by atoms with Crippen LogP contribution in [0.15, 0.2) is 48.1 Å². The molecule has 2 unspecified atom stereocenters. The molecule has 0 bridgehead atoms. The van der Waals surface area contributed by atoms with E-state index in [0.29, 0.717) is 6.42 Å². The molecule has 0 heterocycles. The van der Waals surface area contributed by atoms with Crippen molar-refractivity contribution in [1.29, 1.82) is 0 Å². The Balaban J connectivity index is 1.95. The van der Waals surface area contributed by atoms with Crippen LogP contribution in [0.3, 0.4) is 0 Å². The zero-order chi connectivity index (χ0) is 11.8. The Morgan fingerprint density at radius 1 is 1.12 bits per heavy atom. The lowest BCUT2D eigenvalue weighted by Gasteiger charge is -2.20. The van der Waals surface area contributed by atoms with E-state index in [0.717, 1.165) is 17.6 Å². The molecule has 0 N–H and O–H groups in total. The molecule has 1 nitrogen and oxygen atoms in total. The van der Waals surface area contributed by atoms with Gasteiger partial charge >= 0.3 is 0 Å². The number of fused-ring (bicyclic) bond motifs is 1. The van der Waals surface area contributed by atoms with Gasteiger partial charge in [-0.05, 0) is 41.5 Å². The third kappa shape index (κ3) is 1.74. The van der Waals surface area contributed by atoms with Gasteiger partial charge in [0, 0.05) is 6.42 Å². The Bertz CT molecular complexity index is 510. The normalized spacial score (nSPS) is 26.9. The van der Waals surface area contributed by atoms with E-state index in [9.17, 15) is 9.18 Å². The van der Waals surface area contributed by atoms with Gasteiger partial charge in [0.15, 0.2) is 5.78 Å². The molecule has 2 aliphatic rings. The summed E-state index contributed by atoms with van der Waals surface area (Å²) in [5.41, 5.74) is 2.02.